The molecule has 108 valence electrons. The van der Waals surface area contributed by atoms with Crippen LogP contribution in [0.3, 0.4) is 0 Å². The second kappa shape index (κ2) is 5.82. The zero-order chi connectivity index (χ0) is 13.2. The summed E-state index contributed by atoms with van der Waals surface area (Å²) in [5.74, 6) is 2.19. The van der Waals surface area contributed by atoms with E-state index in [2.05, 4.69) is 17.1 Å². The van der Waals surface area contributed by atoms with Gasteiger partial charge in [0.15, 0.2) is 0 Å². The van der Waals surface area contributed by atoms with E-state index in [1.54, 1.807) is 0 Å². The van der Waals surface area contributed by atoms with Crippen LogP contribution in [0.1, 0.15) is 51.9 Å². The van der Waals surface area contributed by atoms with Crippen LogP contribution in [0.15, 0.2) is 0 Å². The maximum Gasteiger partial charge on any atom is 0.226 e. The number of piperidine rings is 1. The number of hydrogen-bond acceptors (Lipinski definition) is 2. The lowest BCUT2D eigenvalue weighted by Gasteiger charge is -2.36. The number of likely N-dealkylation sites (tertiary alicyclic amines) is 1. The number of carbonyl (C=O) groups is 1. The zero-order valence-electron chi connectivity index (χ0n) is 12.2. The lowest BCUT2D eigenvalue weighted by atomic mass is 9.87. The molecule has 3 nitrogen and oxygen atoms in total. The van der Waals surface area contributed by atoms with Crippen molar-refractivity contribution in [1.82, 2.24) is 10.2 Å². The molecule has 0 radical (unpaired) electrons. The van der Waals surface area contributed by atoms with Gasteiger partial charge in [-0.05, 0) is 63.5 Å². The van der Waals surface area contributed by atoms with Crippen LogP contribution in [-0.4, -0.2) is 36.5 Å². The highest BCUT2D eigenvalue weighted by atomic mass is 16.2. The van der Waals surface area contributed by atoms with Gasteiger partial charge in [-0.3, -0.25) is 4.79 Å². The third-order valence-corrected chi connectivity index (χ3v) is 5.69. The van der Waals surface area contributed by atoms with Crippen molar-refractivity contribution in [1.29, 1.82) is 0 Å². The summed E-state index contributed by atoms with van der Waals surface area (Å²) in [6.45, 7) is 5.58. The van der Waals surface area contributed by atoms with Gasteiger partial charge in [-0.1, -0.05) is 13.3 Å². The molecule has 0 bridgehead atoms. The second-order valence-electron chi connectivity index (χ2n) is 6.84. The van der Waals surface area contributed by atoms with Crippen molar-refractivity contribution in [2.24, 2.45) is 17.8 Å². The summed E-state index contributed by atoms with van der Waals surface area (Å²) >= 11 is 0. The quantitative estimate of drug-likeness (QED) is 0.830. The van der Waals surface area contributed by atoms with Crippen molar-refractivity contribution in [3.05, 3.63) is 0 Å². The Morgan fingerprint density at radius 2 is 1.84 bits per heavy atom. The van der Waals surface area contributed by atoms with Crippen LogP contribution >= 0.6 is 0 Å². The predicted molar refractivity (Wildman–Crippen MR) is 76.8 cm³/mol. The van der Waals surface area contributed by atoms with Crippen LogP contribution in [0.5, 0.6) is 0 Å². The highest BCUT2D eigenvalue weighted by molar-refractivity contribution is 5.80. The highest BCUT2D eigenvalue weighted by Gasteiger charge is 2.40. The molecule has 3 heteroatoms. The Bertz CT molecular complexity index is 325. The molecule has 3 unspecified atom stereocenters. The highest BCUT2D eigenvalue weighted by Crippen LogP contribution is 2.36. The smallest absolute Gasteiger partial charge is 0.226 e. The van der Waals surface area contributed by atoms with Crippen LogP contribution in [-0.2, 0) is 4.79 Å². The van der Waals surface area contributed by atoms with Gasteiger partial charge in [0.25, 0.3) is 0 Å². The fourth-order valence-electron chi connectivity index (χ4n) is 4.51. The monoisotopic (exact) mass is 264 g/mol. The van der Waals surface area contributed by atoms with Gasteiger partial charge in [-0.25, -0.2) is 0 Å². The number of amides is 1. The van der Waals surface area contributed by atoms with E-state index in [1.165, 1.54) is 38.5 Å². The second-order valence-corrected chi connectivity index (χ2v) is 6.84. The first-order chi connectivity index (χ1) is 9.27. The summed E-state index contributed by atoms with van der Waals surface area (Å²) in [5.41, 5.74) is 0. The summed E-state index contributed by atoms with van der Waals surface area (Å²) in [6, 6.07) is 0.558. The Balaban J connectivity index is 1.66. The van der Waals surface area contributed by atoms with E-state index in [0.29, 0.717) is 23.8 Å². The van der Waals surface area contributed by atoms with E-state index in [9.17, 15) is 4.79 Å². The first-order valence-electron chi connectivity index (χ1n) is 8.28. The molecule has 1 saturated carbocycles. The van der Waals surface area contributed by atoms with Crippen molar-refractivity contribution >= 4 is 5.91 Å². The number of nitrogens with one attached hydrogen (secondary N) is 1. The molecule has 3 rings (SSSR count). The molecular weight excluding hydrogens is 236 g/mol. The summed E-state index contributed by atoms with van der Waals surface area (Å²) in [4.78, 5) is 15.1. The molecule has 1 aliphatic carbocycles. The van der Waals surface area contributed by atoms with Gasteiger partial charge in [0.05, 0.1) is 0 Å². The summed E-state index contributed by atoms with van der Waals surface area (Å²) < 4.78 is 0. The number of nitrogens with zero attached hydrogens (tertiary/aromatic N) is 1. The lowest BCUT2D eigenvalue weighted by molar-refractivity contribution is -0.138. The standard InChI is InChI=1S/C16H28N2O/c1-12-4-2-5-14(12)16(19)18-11-3-6-15(18)13-7-9-17-10-8-13/h12-15,17H,2-11H2,1H3. The molecule has 3 fully saturated rings. The lowest BCUT2D eigenvalue weighted by Crippen LogP contribution is -2.46. The minimum absolute atomic E-state index is 0.335. The molecule has 3 aliphatic rings. The zero-order valence-corrected chi connectivity index (χ0v) is 12.2. The van der Waals surface area contributed by atoms with Crippen LogP contribution in [0.4, 0.5) is 0 Å². The molecule has 3 atom stereocenters. The van der Waals surface area contributed by atoms with E-state index < -0.39 is 0 Å². The molecule has 0 spiro atoms. The molecule has 2 aliphatic heterocycles. The predicted octanol–water partition coefficient (Wildman–Crippen LogP) is 2.41. The number of hydrogen-bond donors (Lipinski definition) is 1. The fourth-order valence-corrected chi connectivity index (χ4v) is 4.51. The minimum atomic E-state index is 0.335. The number of rotatable bonds is 2. The van der Waals surface area contributed by atoms with Crippen molar-refractivity contribution in [2.45, 2.75) is 57.9 Å². The third kappa shape index (κ3) is 2.67. The molecule has 2 saturated heterocycles. The molecule has 0 aromatic carbocycles. The van der Waals surface area contributed by atoms with Gasteiger partial charge in [0.1, 0.15) is 0 Å². The Labute approximate surface area is 117 Å². The third-order valence-electron chi connectivity index (χ3n) is 5.69. The van der Waals surface area contributed by atoms with Crippen molar-refractivity contribution in [2.75, 3.05) is 19.6 Å². The normalized spacial score (nSPS) is 36.9. The van der Waals surface area contributed by atoms with E-state index in [4.69, 9.17) is 0 Å². The van der Waals surface area contributed by atoms with Gasteiger partial charge in [0.2, 0.25) is 5.91 Å². The first-order valence-corrected chi connectivity index (χ1v) is 8.28. The van der Waals surface area contributed by atoms with Crippen LogP contribution in [0, 0.1) is 17.8 Å². The Kier molecular flexibility index (Phi) is 4.11. The molecule has 2 heterocycles. The van der Waals surface area contributed by atoms with E-state index in [1.807, 2.05) is 0 Å². The van der Waals surface area contributed by atoms with Gasteiger partial charge in [-0.2, -0.15) is 0 Å². The maximum atomic E-state index is 12.8. The van der Waals surface area contributed by atoms with E-state index in [0.717, 1.165) is 32.0 Å². The Morgan fingerprint density at radius 1 is 1.05 bits per heavy atom. The fraction of sp³-hybridized carbons (Fsp3) is 0.938. The maximum absolute atomic E-state index is 12.8. The average molecular weight is 264 g/mol. The average Bonchev–Trinajstić information content (AvgIpc) is 3.07. The summed E-state index contributed by atoms with van der Waals surface area (Å²) in [7, 11) is 0. The van der Waals surface area contributed by atoms with Crippen molar-refractivity contribution in [3.63, 3.8) is 0 Å². The van der Waals surface area contributed by atoms with Gasteiger partial charge < -0.3 is 10.2 Å². The molecule has 0 aromatic rings. The molecule has 1 N–H and O–H groups in total. The molecule has 0 aromatic heterocycles. The van der Waals surface area contributed by atoms with E-state index >= 15 is 0 Å². The van der Waals surface area contributed by atoms with Crippen LogP contribution < -0.4 is 5.32 Å². The van der Waals surface area contributed by atoms with Crippen molar-refractivity contribution in [3.8, 4) is 0 Å². The minimum Gasteiger partial charge on any atom is -0.339 e. The summed E-state index contributed by atoms with van der Waals surface area (Å²) in [6.07, 6.45) is 8.63. The molecule has 19 heavy (non-hydrogen) atoms. The van der Waals surface area contributed by atoms with Crippen LogP contribution in [0.25, 0.3) is 0 Å². The topological polar surface area (TPSA) is 32.3 Å². The molecule has 1 amide bonds. The number of carbonyl (C=O) groups excluding carboxylic acids is 1. The first kappa shape index (κ1) is 13.4. The summed E-state index contributed by atoms with van der Waals surface area (Å²) in [5, 5.41) is 3.44. The van der Waals surface area contributed by atoms with Gasteiger partial charge >= 0.3 is 0 Å². The Morgan fingerprint density at radius 3 is 2.53 bits per heavy atom. The van der Waals surface area contributed by atoms with Gasteiger partial charge in [-0.15, -0.1) is 0 Å². The van der Waals surface area contributed by atoms with Gasteiger partial charge in [0, 0.05) is 18.5 Å². The van der Waals surface area contributed by atoms with Crippen LogP contribution in [0.2, 0.25) is 0 Å². The molecular formula is C16H28N2O. The SMILES string of the molecule is CC1CCCC1C(=O)N1CCCC1C1CCNCC1. The van der Waals surface area contributed by atoms with Crippen molar-refractivity contribution < 1.29 is 4.79 Å². The largest absolute Gasteiger partial charge is 0.339 e. The van der Waals surface area contributed by atoms with E-state index in [-0.39, 0.29) is 0 Å². The Hall–Kier alpha value is -0.570.